The predicted molar refractivity (Wildman–Crippen MR) is 68.0 cm³/mol. The first-order valence-corrected chi connectivity index (χ1v) is 6.39. The van der Waals surface area contributed by atoms with E-state index >= 15 is 0 Å². The van der Waals surface area contributed by atoms with Gasteiger partial charge in [0.2, 0.25) is 0 Å². The van der Waals surface area contributed by atoms with Crippen LogP contribution in [-0.2, 0) is 6.42 Å². The summed E-state index contributed by atoms with van der Waals surface area (Å²) >= 11 is 3.12. The molecule has 1 aromatic carbocycles. The Bertz CT molecular complexity index is 655. The first-order chi connectivity index (χ1) is 8.95. The summed E-state index contributed by atoms with van der Waals surface area (Å²) in [7, 11) is 0. The summed E-state index contributed by atoms with van der Waals surface area (Å²) in [6, 6.07) is 1.52. The van der Waals surface area contributed by atoms with Crippen LogP contribution in [-0.4, -0.2) is 9.78 Å². The van der Waals surface area contributed by atoms with Gasteiger partial charge in [0, 0.05) is 12.1 Å². The number of aromatic amines is 1. The van der Waals surface area contributed by atoms with E-state index in [-0.39, 0.29) is 5.69 Å². The molecule has 2 rings (SSSR count). The van der Waals surface area contributed by atoms with Gasteiger partial charge in [-0.1, -0.05) is 13.3 Å². The van der Waals surface area contributed by atoms with Gasteiger partial charge >= 0.3 is 0 Å². The summed E-state index contributed by atoms with van der Waals surface area (Å²) in [6.07, 6.45) is 1.40. The summed E-state index contributed by atoms with van der Waals surface area (Å²) in [5.41, 5.74) is 0.0518. The minimum absolute atomic E-state index is 0.0931. The predicted octanol–water partition coefficient (Wildman–Crippen LogP) is 3.30. The lowest BCUT2D eigenvalue weighted by Gasteiger charge is -2.03. The first-order valence-electron chi connectivity index (χ1n) is 5.60. The average molecular weight is 335 g/mol. The molecule has 0 spiro atoms. The molecule has 2 aromatic rings. The standard InChI is InChI=1S/C12H10BrF3N2O/c1-2-3-9-10(13)12(19)18(17-9)6-4-7(14)11(16)8(15)5-6/h4-5,17H,2-3H2,1H3. The molecule has 0 saturated carbocycles. The van der Waals surface area contributed by atoms with Gasteiger partial charge in [0.05, 0.1) is 11.4 Å². The van der Waals surface area contributed by atoms with E-state index in [4.69, 9.17) is 0 Å². The molecular formula is C12H10BrF3N2O. The summed E-state index contributed by atoms with van der Waals surface area (Å²) in [4.78, 5) is 11.9. The highest BCUT2D eigenvalue weighted by Gasteiger charge is 2.16. The van der Waals surface area contributed by atoms with Gasteiger partial charge in [0.25, 0.3) is 5.56 Å². The van der Waals surface area contributed by atoms with Gasteiger partial charge in [-0.3, -0.25) is 9.89 Å². The fourth-order valence-corrected chi connectivity index (χ4v) is 2.19. The zero-order valence-corrected chi connectivity index (χ0v) is 11.5. The van der Waals surface area contributed by atoms with Crippen LogP contribution in [0.5, 0.6) is 0 Å². The molecule has 0 saturated heterocycles. The fraction of sp³-hybridized carbons (Fsp3) is 0.250. The van der Waals surface area contributed by atoms with Crippen LogP contribution in [0.1, 0.15) is 19.0 Å². The molecule has 1 N–H and O–H groups in total. The summed E-state index contributed by atoms with van der Waals surface area (Å²) in [6.45, 7) is 1.93. The lowest BCUT2D eigenvalue weighted by molar-refractivity contribution is 0.445. The first kappa shape index (κ1) is 13.9. The Kier molecular flexibility index (Phi) is 3.84. The second-order valence-electron chi connectivity index (χ2n) is 4.02. The number of hydrogen-bond donors (Lipinski definition) is 1. The van der Waals surface area contributed by atoms with Gasteiger partial charge in [0.1, 0.15) is 4.47 Å². The molecule has 0 bridgehead atoms. The van der Waals surface area contributed by atoms with Crippen molar-refractivity contribution < 1.29 is 13.2 Å². The number of aromatic nitrogens is 2. The number of hydrogen-bond acceptors (Lipinski definition) is 1. The van der Waals surface area contributed by atoms with E-state index in [9.17, 15) is 18.0 Å². The van der Waals surface area contributed by atoms with Crippen molar-refractivity contribution in [1.82, 2.24) is 9.78 Å². The van der Waals surface area contributed by atoms with Crippen LogP contribution >= 0.6 is 15.9 Å². The van der Waals surface area contributed by atoms with Crippen molar-refractivity contribution in [1.29, 1.82) is 0 Å². The molecule has 1 aromatic heterocycles. The molecule has 102 valence electrons. The molecule has 0 amide bonds. The second kappa shape index (κ2) is 5.24. The van der Waals surface area contributed by atoms with Gasteiger partial charge in [-0.15, -0.1) is 0 Å². The van der Waals surface area contributed by atoms with E-state index < -0.39 is 23.0 Å². The SMILES string of the molecule is CCCc1[nH]n(-c2cc(F)c(F)c(F)c2)c(=O)c1Br. The van der Waals surface area contributed by atoms with Gasteiger partial charge in [-0.2, -0.15) is 0 Å². The van der Waals surface area contributed by atoms with Gasteiger partial charge in [0.15, 0.2) is 17.5 Å². The molecule has 0 aliphatic rings. The van der Waals surface area contributed by atoms with Crippen LogP contribution in [0.3, 0.4) is 0 Å². The quantitative estimate of drug-likeness (QED) is 0.859. The summed E-state index contributed by atoms with van der Waals surface area (Å²) < 4.78 is 40.5. The van der Waals surface area contributed by atoms with E-state index in [2.05, 4.69) is 21.0 Å². The molecule has 0 atom stereocenters. The highest BCUT2D eigenvalue weighted by molar-refractivity contribution is 9.10. The number of benzene rings is 1. The number of nitrogens with one attached hydrogen (secondary N) is 1. The summed E-state index contributed by atoms with van der Waals surface area (Å²) in [5, 5.41) is 2.74. The Morgan fingerprint density at radius 1 is 1.26 bits per heavy atom. The maximum Gasteiger partial charge on any atom is 0.285 e. The fourth-order valence-electron chi connectivity index (χ4n) is 1.73. The molecule has 0 fully saturated rings. The smallest absolute Gasteiger partial charge is 0.285 e. The van der Waals surface area contributed by atoms with E-state index in [0.29, 0.717) is 16.6 Å². The third-order valence-electron chi connectivity index (χ3n) is 2.63. The third kappa shape index (κ3) is 2.47. The second-order valence-corrected chi connectivity index (χ2v) is 4.81. The van der Waals surface area contributed by atoms with E-state index in [1.165, 1.54) is 0 Å². The maximum absolute atomic E-state index is 13.2. The largest absolute Gasteiger partial charge is 0.294 e. The van der Waals surface area contributed by atoms with Gasteiger partial charge < -0.3 is 0 Å². The highest BCUT2D eigenvalue weighted by Crippen LogP contribution is 2.18. The van der Waals surface area contributed by atoms with Crippen LogP contribution in [0.4, 0.5) is 13.2 Å². The molecule has 3 nitrogen and oxygen atoms in total. The topological polar surface area (TPSA) is 37.8 Å². The molecule has 19 heavy (non-hydrogen) atoms. The Morgan fingerprint density at radius 3 is 2.37 bits per heavy atom. The minimum atomic E-state index is -1.56. The summed E-state index contributed by atoms with van der Waals surface area (Å²) in [5.74, 6) is -4.24. The van der Waals surface area contributed by atoms with Crippen LogP contribution in [0, 0.1) is 17.5 Å². The van der Waals surface area contributed by atoms with Crippen molar-refractivity contribution in [3.8, 4) is 5.69 Å². The number of nitrogens with zero attached hydrogens (tertiary/aromatic N) is 1. The van der Waals surface area contributed by atoms with Crippen LogP contribution < -0.4 is 5.56 Å². The van der Waals surface area contributed by atoms with Crippen LogP contribution in [0.25, 0.3) is 5.69 Å². The zero-order valence-electron chi connectivity index (χ0n) is 9.94. The Morgan fingerprint density at radius 2 is 1.84 bits per heavy atom. The Labute approximate surface area is 115 Å². The zero-order chi connectivity index (χ0) is 14.2. The van der Waals surface area contributed by atoms with Crippen molar-refractivity contribution in [2.24, 2.45) is 0 Å². The monoisotopic (exact) mass is 334 g/mol. The number of rotatable bonds is 3. The maximum atomic E-state index is 13.2. The van der Waals surface area contributed by atoms with Gasteiger partial charge in [-0.25, -0.2) is 17.9 Å². The highest BCUT2D eigenvalue weighted by atomic mass is 79.9. The molecular weight excluding hydrogens is 325 g/mol. The molecule has 1 heterocycles. The van der Waals surface area contributed by atoms with Crippen molar-refractivity contribution in [2.75, 3.05) is 0 Å². The number of aryl methyl sites for hydroxylation is 1. The van der Waals surface area contributed by atoms with Crippen molar-refractivity contribution in [2.45, 2.75) is 19.8 Å². The number of H-pyrrole nitrogens is 1. The van der Waals surface area contributed by atoms with Crippen molar-refractivity contribution in [3.63, 3.8) is 0 Å². The Balaban J connectivity index is 2.60. The van der Waals surface area contributed by atoms with E-state index in [1.54, 1.807) is 0 Å². The lowest BCUT2D eigenvalue weighted by atomic mass is 10.3. The molecule has 0 unspecified atom stereocenters. The lowest BCUT2D eigenvalue weighted by Crippen LogP contribution is -2.15. The normalized spacial score (nSPS) is 11.0. The van der Waals surface area contributed by atoms with Gasteiger partial charge in [-0.05, 0) is 22.4 Å². The van der Waals surface area contributed by atoms with Crippen LogP contribution in [0.2, 0.25) is 0 Å². The van der Waals surface area contributed by atoms with E-state index in [1.807, 2.05) is 6.92 Å². The van der Waals surface area contributed by atoms with E-state index in [0.717, 1.165) is 23.2 Å². The molecule has 0 aliphatic heterocycles. The van der Waals surface area contributed by atoms with Crippen molar-refractivity contribution >= 4 is 15.9 Å². The molecule has 7 heteroatoms. The minimum Gasteiger partial charge on any atom is -0.294 e. The molecule has 0 aliphatic carbocycles. The molecule has 0 radical (unpaired) electrons. The van der Waals surface area contributed by atoms with Crippen LogP contribution in [0.15, 0.2) is 21.4 Å². The average Bonchev–Trinajstić information content (AvgIpc) is 2.64. The number of halogens is 4. The Hall–Kier alpha value is -1.50. The van der Waals surface area contributed by atoms with Crippen molar-refractivity contribution in [3.05, 3.63) is 50.1 Å². The third-order valence-corrected chi connectivity index (χ3v) is 3.45.